The van der Waals surface area contributed by atoms with Crippen LogP contribution in [0.25, 0.3) is 21.8 Å². The highest BCUT2D eigenvalue weighted by Gasteiger charge is 2.31. The summed E-state index contributed by atoms with van der Waals surface area (Å²) >= 11 is 0. The van der Waals surface area contributed by atoms with E-state index in [1.807, 2.05) is 19.1 Å². The van der Waals surface area contributed by atoms with Gasteiger partial charge < -0.3 is 10.3 Å². The number of fused-ring (bicyclic) bond motifs is 3. The number of rotatable bonds is 5. The first-order valence-corrected chi connectivity index (χ1v) is 9.81. The van der Waals surface area contributed by atoms with E-state index in [1.165, 1.54) is 0 Å². The number of nitrogens with zero attached hydrogens (tertiary/aromatic N) is 1. The lowest BCUT2D eigenvalue weighted by Gasteiger charge is -2.13. The van der Waals surface area contributed by atoms with Crippen LogP contribution in [0.15, 0.2) is 48.5 Å². The van der Waals surface area contributed by atoms with Gasteiger partial charge in [0.2, 0.25) is 5.91 Å². The molecule has 7 heteroatoms. The Morgan fingerprint density at radius 1 is 1.13 bits per heavy atom. The Bertz CT molecular complexity index is 1300. The molecule has 1 heterocycles. The maximum Gasteiger partial charge on any atom is 0.416 e. The normalized spacial score (nSPS) is 12.0. The molecule has 1 aromatic heterocycles. The Morgan fingerprint density at radius 2 is 1.90 bits per heavy atom. The van der Waals surface area contributed by atoms with Crippen LogP contribution < -0.4 is 5.73 Å². The van der Waals surface area contributed by atoms with Crippen LogP contribution in [0.3, 0.4) is 0 Å². The molecular weight excluding hydrogens is 408 g/mol. The van der Waals surface area contributed by atoms with Crippen molar-refractivity contribution in [3.63, 3.8) is 0 Å². The van der Waals surface area contributed by atoms with Crippen molar-refractivity contribution < 1.29 is 22.4 Å². The van der Waals surface area contributed by atoms with Gasteiger partial charge in [-0.2, -0.15) is 13.2 Å². The summed E-state index contributed by atoms with van der Waals surface area (Å²) in [7, 11) is 0. The van der Waals surface area contributed by atoms with E-state index in [1.54, 1.807) is 22.8 Å². The summed E-state index contributed by atoms with van der Waals surface area (Å²) in [5.41, 5.74) is 7.05. The van der Waals surface area contributed by atoms with Gasteiger partial charge >= 0.3 is 6.18 Å². The molecule has 1 amide bonds. The average Bonchev–Trinajstić information content (AvgIpc) is 3.02. The lowest BCUT2D eigenvalue weighted by atomic mass is 10.0. The van der Waals surface area contributed by atoms with Crippen LogP contribution in [0.1, 0.15) is 40.4 Å². The van der Waals surface area contributed by atoms with Gasteiger partial charge in [0.15, 0.2) is 0 Å². The predicted octanol–water partition coefficient (Wildman–Crippen LogP) is 5.85. The lowest BCUT2D eigenvalue weighted by Crippen LogP contribution is -2.11. The van der Waals surface area contributed by atoms with E-state index in [4.69, 9.17) is 5.73 Å². The second kappa shape index (κ2) is 7.72. The van der Waals surface area contributed by atoms with Gasteiger partial charge in [0.25, 0.3) is 0 Å². The maximum atomic E-state index is 14.5. The quantitative estimate of drug-likeness (QED) is 0.399. The highest BCUT2D eigenvalue weighted by atomic mass is 19.4. The van der Waals surface area contributed by atoms with Crippen molar-refractivity contribution in [2.45, 2.75) is 32.5 Å². The van der Waals surface area contributed by atoms with Crippen molar-refractivity contribution in [2.75, 3.05) is 0 Å². The summed E-state index contributed by atoms with van der Waals surface area (Å²) in [6, 6.07) is 14.3. The topological polar surface area (TPSA) is 48.0 Å². The van der Waals surface area contributed by atoms with Crippen molar-refractivity contribution in [3.8, 4) is 0 Å². The smallest absolute Gasteiger partial charge is 0.366 e. The van der Waals surface area contributed by atoms with E-state index in [0.717, 1.165) is 36.6 Å². The number of alkyl halides is 3. The Labute approximate surface area is 176 Å². The van der Waals surface area contributed by atoms with Crippen LogP contribution in [-0.4, -0.2) is 10.5 Å². The Morgan fingerprint density at radius 3 is 2.58 bits per heavy atom. The highest BCUT2D eigenvalue weighted by molar-refractivity contribution is 6.17. The molecule has 3 nitrogen and oxygen atoms in total. The second-order valence-electron chi connectivity index (χ2n) is 7.47. The number of amides is 1. The zero-order chi connectivity index (χ0) is 22.3. The molecule has 0 saturated heterocycles. The molecule has 0 aliphatic heterocycles. The molecule has 0 bridgehead atoms. The first kappa shape index (κ1) is 20.9. The van der Waals surface area contributed by atoms with Gasteiger partial charge in [-0.05, 0) is 54.4 Å². The molecule has 31 heavy (non-hydrogen) atoms. The molecule has 0 atom stereocenters. The maximum absolute atomic E-state index is 14.5. The minimum Gasteiger partial charge on any atom is -0.366 e. The summed E-state index contributed by atoms with van der Waals surface area (Å²) in [6.07, 6.45) is -2.90. The summed E-state index contributed by atoms with van der Waals surface area (Å²) in [6.45, 7) is 1.89. The molecule has 0 saturated carbocycles. The monoisotopic (exact) mass is 427 g/mol. The average molecular weight is 427 g/mol. The molecule has 0 aliphatic carbocycles. The molecule has 0 unspecified atom stereocenters. The second-order valence-corrected chi connectivity index (χ2v) is 7.47. The van der Waals surface area contributed by atoms with Gasteiger partial charge in [-0.1, -0.05) is 25.5 Å². The van der Waals surface area contributed by atoms with Crippen LogP contribution >= 0.6 is 0 Å². The molecule has 4 rings (SSSR count). The van der Waals surface area contributed by atoms with E-state index < -0.39 is 23.5 Å². The van der Waals surface area contributed by atoms with Gasteiger partial charge in [-0.15, -0.1) is 0 Å². The number of hydrogen-bond donors (Lipinski definition) is 1. The number of aryl methyl sites for hydroxylation is 1. The number of carbonyl (C=O) groups is 1. The van der Waals surface area contributed by atoms with E-state index in [2.05, 4.69) is 6.07 Å². The summed E-state index contributed by atoms with van der Waals surface area (Å²) in [4.78, 5) is 12.0. The molecule has 2 N–H and O–H groups in total. The van der Waals surface area contributed by atoms with Crippen molar-refractivity contribution in [1.82, 2.24) is 4.57 Å². The van der Waals surface area contributed by atoms with Crippen LogP contribution in [0, 0.1) is 11.9 Å². The van der Waals surface area contributed by atoms with Crippen LogP contribution in [0.5, 0.6) is 0 Å². The molecule has 159 valence electrons. The van der Waals surface area contributed by atoms with Gasteiger partial charge in [-0.3, -0.25) is 4.79 Å². The third-order valence-electron chi connectivity index (χ3n) is 5.36. The third kappa shape index (κ3) is 3.76. The van der Waals surface area contributed by atoms with E-state index in [0.29, 0.717) is 21.8 Å². The number of carbonyl (C=O) groups excluding carboxylic acids is 1. The number of aromatic nitrogens is 1. The van der Waals surface area contributed by atoms with Crippen molar-refractivity contribution >= 4 is 27.7 Å². The number of halogens is 4. The first-order chi connectivity index (χ1) is 14.7. The van der Waals surface area contributed by atoms with E-state index >= 15 is 0 Å². The zero-order valence-electron chi connectivity index (χ0n) is 16.7. The number of hydrogen-bond acceptors (Lipinski definition) is 1. The fourth-order valence-corrected chi connectivity index (χ4v) is 3.95. The highest BCUT2D eigenvalue weighted by Crippen LogP contribution is 2.34. The van der Waals surface area contributed by atoms with Gasteiger partial charge in [0, 0.05) is 21.9 Å². The zero-order valence-corrected chi connectivity index (χ0v) is 16.7. The molecule has 4 aromatic rings. The Balaban J connectivity index is 1.99. The van der Waals surface area contributed by atoms with Gasteiger partial charge in [-0.25, -0.2) is 4.39 Å². The van der Waals surface area contributed by atoms with Crippen molar-refractivity contribution in [2.24, 2.45) is 5.73 Å². The van der Waals surface area contributed by atoms with Crippen LogP contribution in [0.2, 0.25) is 0 Å². The van der Waals surface area contributed by atoms with E-state index in [9.17, 15) is 22.4 Å². The SMILES string of the molecule is CCCc1c[c]c2c3c(C(N)=O)cccc3n(Cc3cc(C(F)(F)F)ccc3F)c2c1. The molecule has 0 aliphatic rings. The van der Waals surface area contributed by atoms with Gasteiger partial charge in [0.1, 0.15) is 5.82 Å². The Hall–Kier alpha value is -3.35. The predicted molar refractivity (Wildman–Crippen MR) is 111 cm³/mol. The number of benzene rings is 3. The fraction of sp³-hybridized carbons (Fsp3) is 0.208. The lowest BCUT2D eigenvalue weighted by molar-refractivity contribution is -0.137. The number of primary amides is 1. The standard InChI is InChI=1S/C24H19F4N2O/c1-2-4-14-7-9-17-21(11-14)30(20-6-3-5-18(22(17)20)23(29)31)13-15-12-16(24(26,27)28)8-10-19(15)25/h3,5-8,10-12H,2,4,13H2,1H3,(H2,29,31). The van der Waals surface area contributed by atoms with Crippen LogP contribution in [-0.2, 0) is 19.1 Å². The van der Waals surface area contributed by atoms with Gasteiger partial charge in [0.05, 0.1) is 23.1 Å². The molecule has 0 spiro atoms. The molecule has 3 aromatic carbocycles. The summed E-state index contributed by atoms with van der Waals surface area (Å²) in [5, 5.41) is 1.18. The van der Waals surface area contributed by atoms with Crippen molar-refractivity contribution in [3.05, 3.63) is 82.7 Å². The minimum atomic E-state index is -4.58. The molecule has 1 radical (unpaired) electrons. The van der Waals surface area contributed by atoms with Crippen LogP contribution in [0.4, 0.5) is 17.6 Å². The third-order valence-corrected chi connectivity index (χ3v) is 5.36. The summed E-state index contributed by atoms with van der Waals surface area (Å²) < 4.78 is 55.7. The van der Waals surface area contributed by atoms with Crippen molar-refractivity contribution in [1.29, 1.82) is 0 Å². The first-order valence-electron chi connectivity index (χ1n) is 9.81. The fourth-order valence-electron chi connectivity index (χ4n) is 3.95. The summed E-state index contributed by atoms with van der Waals surface area (Å²) in [5.74, 6) is -1.36. The molecule has 0 fully saturated rings. The minimum absolute atomic E-state index is 0.0982. The number of nitrogens with two attached hydrogens (primary N) is 1. The Kier molecular flexibility index (Phi) is 5.21. The van der Waals surface area contributed by atoms with E-state index in [-0.39, 0.29) is 17.7 Å². The molecular formula is C24H19F4N2O. The largest absolute Gasteiger partial charge is 0.416 e.